The van der Waals surface area contributed by atoms with E-state index in [1.807, 2.05) is 13.0 Å². The van der Waals surface area contributed by atoms with E-state index in [1.165, 1.54) is 25.7 Å². The normalized spacial score (nSPS) is 23.6. The van der Waals surface area contributed by atoms with Crippen molar-refractivity contribution in [3.63, 3.8) is 0 Å². The SMILES string of the molecule is Cc1cc(NC2CCCCC2CCl)nc(C(C)C)n1. The van der Waals surface area contributed by atoms with Gasteiger partial charge in [-0.15, -0.1) is 11.6 Å². The van der Waals surface area contributed by atoms with Crippen molar-refractivity contribution in [2.45, 2.75) is 58.4 Å². The van der Waals surface area contributed by atoms with E-state index in [4.69, 9.17) is 11.6 Å². The van der Waals surface area contributed by atoms with Gasteiger partial charge in [-0.05, 0) is 25.7 Å². The number of rotatable bonds is 4. The van der Waals surface area contributed by atoms with Crippen molar-refractivity contribution in [2.24, 2.45) is 5.92 Å². The molecule has 19 heavy (non-hydrogen) atoms. The number of nitrogens with one attached hydrogen (secondary N) is 1. The molecule has 1 fully saturated rings. The Morgan fingerprint density at radius 3 is 2.74 bits per heavy atom. The van der Waals surface area contributed by atoms with Crippen LogP contribution in [0.5, 0.6) is 0 Å². The first-order chi connectivity index (χ1) is 9.10. The summed E-state index contributed by atoms with van der Waals surface area (Å²) in [5, 5.41) is 3.58. The highest BCUT2D eigenvalue weighted by molar-refractivity contribution is 6.18. The van der Waals surface area contributed by atoms with Crippen LogP contribution in [-0.4, -0.2) is 21.9 Å². The van der Waals surface area contributed by atoms with Gasteiger partial charge in [-0.1, -0.05) is 26.7 Å². The molecular weight excluding hydrogens is 258 g/mol. The van der Waals surface area contributed by atoms with E-state index in [-0.39, 0.29) is 0 Å². The molecule has 0 aromatic carbocycles. The summed E-state index contributed by atoms with van der Waals surface area (Å²) in [6, 6.07) is 2.49. The zero-order valence-corrected chi connectivity index (χ0v) is 12.9. The van der Waals surface area contributed by atoms with E-state index >= 15 is 0 Å². The third-order valence-electron chi connectivity index (χ3n) is 3.83. The number of halogens is 1. The fourth-order valence-corrected chi connectivity index (χ4v) is 3.07. The first-order valence-electron chi connectivity index (χ1n) is 7.28. The number of hydrogen-bond acceptors (Lipinski definition) is 3. The zero-order chi connectivity index (χ0) is 13.8. The Morgan fingerprint density at radius 1 is 1.32 bits per heavy atom. The average molecular weight is 282 g/mol. The number of hydrogen-bond donors (Lipinski definition) is 1. The molecule has 0 aliphatic heterocycles. The molecule has 1 aliphatic rings. The molecule has 0 amide bonds. The van der Waals surface area contributed by atoms with Gasteiger partial charge < -0.3 is 5.32 Å². The number of anilines is 1. The lowest BCUT2D eigenvalue weighted by Gasteiger charge is -2.31. The van der Waals surface area contributed by atoms with E-state index in [1.54, 1.807) is 0 Å². The van der Waals surface area contributed by atoms with Crippen LogP contribution in [0.2, 0.25) is 0 Å². The Balaban J connectivity index is 2.13. The van der Waals surface area contributed by atoms with Crippen LogP contribution < -0.4 is 5.32 Å². The van der Waals surface area contributed by atoms with Gasteiger partial charge in [0.1, 0.15) is 11.6 Å². The summed E-state index contributed by atoms with van der Waals surface area (Å²) < 4.78 is 0. The second-order valence-electron chi connectivity index (χ2n) is 5.86. The topological polar surface area (TPSA) is 37.8 Å². The molecule has 0 bridgehead atoms. The number of nitrogens with zero attached hydrogens (tertiary/aromatic N) is 2. The maximum absolute atomic E-state index is 6.08. The Hall–Kier alpha value is -0.830. The summed E-state index contributed by atoms with van der Waals surface area (Å²) in [6.45, 7) is 6.28. The van der Waals surface area contributed by atoms with Crippen LogP contribution in [0.25, 0.3) is 0 Å². The van der Waals surface area contributed by atoms with E-state index < -0.39 is 0 Å². The second-order valence-corrected chi connectivity index (χ2v) is 6.17. The molecule has 2 rings (SSSR count). The van der Waals surface area contributed by atoms with Crippen LogP contribution in [0.4, 0.5) is 5.82 Å². The maximum atomic E-state index is 6.08. The van der Waals surface area contributed by atoms with Gasteiger partial charge in [-0.25, -0.2) is 9.97 Å². The van der Waals surface area contributed by atoms with Gasteiger partial charge in [0.15, 0.2) is 0 Å². The summed E-state index contributed by atoms with van der Waals surface area (Å²) in [6.07, 6.45) is 5.00. The maximum Gasteiger partial charge on any atom is 0.133 e. The second kappa shape index (κ2) is 6.56. The molecule has 4 heteroatoms. The first kappa shape index (κ1) is 14.6. The summed E-state index contributed by atoms with van der Waals surface area (Å²) in [5.41, 5.74) is 1.03. The van der Waals surface area contributed by atoms with Crippen molar-refractivity contribution in [1.29, 1.82) is 0 Å². The number of alkyl halides is 1. The lowest BCUT2D eigenvalue weighted by molar-refractivity contribution is 0.352. The molecule has 1 aromatic rings. The quantitative estimate of drug-likeness (QED) is 0.844. The third-order valence-corrected chi connectivity index (χ3v) is 4.22. The lowest BCUT2D eigenvalue weighted by Crippen LogP contribution is -2.33. The molecule has 0 spiro atoms. The molecule has 2 unspecified atom stereocenters. The predicted molar refractivity (Wildman–Crippen MR) is 80.9 cm³/mol. The van der Waals surface area contributed by atoms with E-state index in [0.717, 1.165) is 23.2 Å². The van der Waals surface area contributed by atoms with Crippen LogP contribution in [0.1, 0.15) is 57.0 Å². The van der Waals surface area contributed by atoms with E-state index in [0.29, 0.717) is 17.9 Å². The molecular formula is C15H24ClN3. The standard InChI is InChI=1S/C15H24ClN3/c1-10(2)15-17-11(3)8-14(19-15)18-13-7-5-4-6-12(13)9-16/h8,10,12-13H,4-7,9H2,1-3H3,(H,17,18,19). The minimum Gasteiger partial charge on any atom is -0.367 e. The lowest BCUT2D eigenvalue weighted by atomic mass is 9.86. The zero-order valence-electron chi connectivity index (χ0n) is 12.1. The third kappa shape index (κ3) is 3.82. The highest BCUT2D eigenvalue weighted by Gasteiger charge is 2.24. The van der Waals surface area contributed by atoms with Crippen LogP contribution in [-0.2, 0) is 0 Å². The van der Waals surface area contributed by atoms with Crippen LogP contribution in [0.15, 0.2) is 6.07 Å². The van der Waals surface area contributed by atoms with Gasteiger partial charge in [0.05, 0.1) is 0 Å². The number of aryl methyl sites for hydroxylation is 1. The highest BCUT2D eigenvalue weighted by Crippen LogP contribution is 2.28. The Morgan fingerprint density at radius 2 is 2.05 bits per heavy atom. The van der Waals surface area contributed by atoms with Gasteiger partial charge in [0.25, 0.3) is 0 Å². The molecule has 106 valence electrons. The fourth-order valence-electron chi connectivity index (χ4n) is 2.70. The monoisotopic (exact) mass is 281 g/mol. The van der Waals surface area contributed by atoms with Crippen molar-refractivity contribution < 1.29 is 0 Å². The van der Waals surface area contributed by atoms with E-state index in [9.17, 15) is 0 Å². The Kier molecular flexibility index (Phi) is 5.03. The van der Waals surface area contributed by atoms with Crippen LogP contribution in [0, 0.1) is 12.8 Å². The minimum absolute atomic E-state index is 0.357. The smallest absolute Gasteiger partial charge is 0.133 e. The molecule has 0 saturated heterocycles. The molecule has 1 heterocycles. The van der Waals surface area contributed by atoms with Crippen molar-refractivity contribution in [3.8, 4) is 0 Å². The Bertz CT molecular complexity index is 420. The molecule has 1 N–H and O–H groups in total. The number of aromatic nitrogens is 2. The summed E-state index contributed by atoms with van der Waals surface area (Å²) in [5.74, 6) is 3.53. The first-order valence-corrected chi connectivity index (χ1v) is 7.81. The van der Waals surface area contributed by atoms with Crippen molar-refractivity contribution in [1.82, 2.24) is 9.97 Å². The Labute approximate surface area is 121 Å². The van der Waals surface area contributed by atoms with Gasteiger partial charge >= 0.3 is 0 Å². The van der Waals surface area contributed by atoms with Crippen molar-refractivity contribution in [3.05, 3.63) is 17.6 Å². The average Bonchev–Trinajstić information content (AvgIpc) is 2.38. The largest absolute Gasteiger partial charge is 0.367 e. The van der Waals surface area contributed by atoms with E-state index in [2.05, 4.69) is 29.1 Å². The molecule has 3 nitrogen and oxygen atoms in total. The molecule has 2 atom stereocenters. The summed E-state index contributed by atoms with van der Waals surface area (Å²) in [7, 11) is 0. The molecule has 0 radical (unpaired) electrons. The van der Waals surface area contributed by atoms with Gasteiger partial charge in [-0.3, -0.25) is 0 Å². The van der Waals surface area contributed by atoms with Gasteiger partial charge in [0, 0.05) is 29.6 Å². The van der Waals surface area contributed by atoms with Crippen molar-refractivity contribution >= 4 is 17.4 Å². The highest BCUT2D eigenvalue weighted by atomic mass is 35.5. The molecule has 1 aromatic heterocycles. The molecule has 1 saturated carbocycles. The fraction of sp³-hybridized carbons (Fsp3) is 0.733. The summed E-state index contributed by atoms with van der Waals surface area (Å²) in [4.78, 5) is 9.12. The van der Waals surface area contributed by atoms with Gasteiger partial charge in [-0.2, -0.15) is 0 Å². The van der Waals surface area contributed by atoms with Crippen molar-refractivity contribution in [2.75, 3.05) is 11.2 Å². The molecule has 1 aliphatic carbocycles. The van der Waals surface area contributed by atoms with Crippen LogP contribution >= 0.6 is 11.6 Å². The van der Waals surface area contributed by atoms with Crippen LogP contribution in [0.3, 0.4) is 0 Å². The van der Waals surface area contributed by atoms with Gasteiger partial charge in [0.2, 0.25) is 0 Å². The summed E-state index contributed by atoms with van der Waals surface area (Å²) >= 11 is 6.08. The minimum atomic E-state index is 0.357. The predicted octanol–water partition coefficient (Wildman–Crippen LogP) is 4.12.